The van der Waals surface area contributed by atoms with Gasteiger partial charge < -0.3 is 9.73 Å². The molecule has 1 aromatic heterocycles. The van der Waals surface area contributed by atoms with Gasteiger partial charge in [0.1, 0.15) is 5.82 Å². The van der Waals surface area contributed by atoms with Crippen LogP contribution in [0.4, 0.5) is 10.1 Å². The summed E-state index contributed by atoms with van der Waals surface area (Å²) in [5.41, 5.74) is 0.221. The van der Waals surface area contributed by atoms with Crippen molar-refractivity contribution in [2.24, 2.45) is 5.14 Å². The Labute approximate surface area is 108 Å². The number of furan rings is 1. The van der Waals surface area contributed by atoms with Crippen molar-refractivity contribution in [2.75, 3.05) is 5.32 Å². The van der Waals surface area contributed by atoms with Gasteiger partial charge in [-0.1, -0.05) is 6.07 Å². The van der Waals surface area contributed by atoms with Crippen LogP contribution in [0.25, 0.3) is 0 Å². The first-order chi connectivity index (χ1) is 8.86. The average molecular weight is 284 g/mol. The van der Waals surface area contributed by atoms with E-state index in [9.17, 15) is 17.6 Å². The van der Waals surface area contributed by atoms with E-state index in [-0.39, 0.29) is 11.4 Å². The minimum Gasteiger partial charge on any atom is -0.438 e. The Bertz CT molecular complexity index is 724. The van der Waals surface area contributed by atoms with Gasteiger partial charge in [0.05, 0.1) is 0 Å². The maximum absolute atomic E-state index is 12.9. The molecule has 100 valence electrons. The van der Waals surface area contributed by atoms with Gasteiger partial charge in [-0.3, -0.25) is 4.79 Å². The molecule has 0 spiro atoms. The number of nitrogens with one attached hydrogen (secondary N) is 1. The fraction of sp³-hybridized carbons (Fsp3) is 0. The second-order valence-electron chi connectivity index (χ2n) is 3.63. The number of benzene rings is 1. The molecule has 0 bridgehead atoms. The summed E-state index contributed by atoms with van der Waals surface area (Å²) in [5.74, 6) is -1.46. The summed E-state index contributed by atoms with van der Waals surface area (Å²) in [5, 5.41) is 6.68. The predicted octanol–water partition coefficient (Wildman–Crippen LogP) is 1.32. The van der Waals surface area contributed by atoms with E-state index in [0.29, 0.717) is 0 Å². The number of halogens is 1. The number of anilines is 1. The number of rotatable bonds is 3. The Balaban J connectivity index is 2.19. The fourth-order valence-electron chi connectivity index (χ4n) is 1.35. The maximum Gasteiger partial charge on any atom is 0.291 e. The van der Waals surface area contributed by atoms with Gasteiger partial charge in [-0.05, 0) is 30.3 Å². The van der Waals surface area contributed by atoms with Gasteiger partial charge in [-0.2, -0.15) is 0 Å². The molecule has 2 rings (SSSR count). The first-order valence-corrected chi connectivity index (χ1v) is 6.60. The Morgan fingerprint density at radius 2 is 2.00 bits per heavy atom. The molecule has 1 aromatic carbocycles. The highest BCUT2D eigenvalue weighted by Gasteiger charge is 2.17. The van der Waals surface area contributed by atoms with Crippen LogP contribution in [0.3, 0.4) is 0 Å². The molecule has 0 aliphatic heterocycles. The van der Waals surface area contributed by atoms with Crippen LogP contribution in [0.5, 0.6) is 0 Å². The smallest absolute Gasteiger partial charge is 0.291 e. The zero-order valence-corrected chi connectivity index (χ0v) is 10.3. The zero-order chi connectivity index (χ0) is 14.0. The van der Waals surface area contributed by atoms with Gasteiger partial charge in [0.2, 0.25) is 5.09 Å². The van der Waals surface area contributed by atoms with Gasteiger partial charge >= 0.3 is 0 Å². The van der Waals surface area contributed by atoms with Crippen molar-refractivity contribution in [1.82, 2.24) is 0 Å². The topological polar surface area (TPSA) is 102 Å². The molecule has 0 aliphatic carbocycles. The lowest BCUT2D eigenvalue weighted by Gasteiger charge is -2.02. The molecule has 0 atom stereocenters. The standard InChI is InChI=1S/C11H9FN2O4S/c12-7-2-1-3-8(6-7)14-11(15)9-4-5-10(18-9)19(13,16)17/h1-6H,(H,14,15)(H2,13,16,17). The summed E-state index contributed by atoms with van der Waals surface area (Å²) in [4.78, 5) is 11.7. The molecule has 0 fully saturated rings. The molecule has 6 nitrogen and oxygen atoms in total. The maximum atomic E-state index is 12.9. The number of amides is 1. The van der Waals surface area contributed by atoms with Gasteiger partial charge in [0, 0.05) is 5.69 Å². The van der Waals surface area contributed by atoms with Crippen molar-refractivity contribution in [3.63, 3.8) is 0 Å². The molecular formula is C11H9FN2O4S. The molecule has 1 heterocycles. The highest BCUT2D eigenvalue weighted by atomic mass is 32.2. The Hall–Kier alpha value is -2.19. The van der Waals surface area contributed by atoms with Crippen molar-refractivity contribution in [2.45, 2.75) is 5.09 Å². The molecule has 0 saturated carbocycles. The number of carbonyl (C=O) groups excluding carboxylic acids is 1. The van der Waals surface area contributed by atoms with Crippen LogP contribution < -0.4 is 10.5 Å². The number of hydrogen-bond donors (Lipinski definition) is 2. The zero-order valence-electron chi connectivity index (χ0n) is 9.46. The summed E-state index contributed by atoms with van der Waals surface area (Å²) in [7, 11) is -4.00. The van der Waals surface area contributed by atoms with E-state index in [1.54, 1.807) is 0 Å². The quantitative estimate of drug-likeness (QED) is 0.887. The Kier molecular flexibility index (Phi) is 3.36. The third-order valence-corrected chi connectivity index (χ3v) is 2.95. The second-order valence-corrected chi connectivity index (χ2v) is 5.12. The molecule has 0 radical (unpaired) electrons. The first kappa shape index (κ1) is 13.2. The number of hydrogen-bond acceptors (Lipinski definition) is 4. The van der Waals surface area contributed by atoms with Crippen molar-refractivity contribution in [3.8, 4) is 0 Å². The van der Waals surface area contributed by atoms with E-state index in [0.717, 1.165) is 18.2 Å². The first-order valence-electron chi connectivity index (χ1n) is 5.06. The Morgan fingerprint density at radius 1 is 1.26 bits per heavy atom. The van der Waals surface area contributed by atoms with Crippen LogP contribution in [-0.2, 0) is 10.0 Å². The van der Waals surface area contributed by atoms with Gasteiger partial charge in [-0.25, -0.2) is 17.9 Å². The van der Waals surface area contributed by atoms with Crippen LogP contribution in [0.2, 0.25) is 0 Å². The molecule has 1 amide bonds. The highest BCUT2D eigenvalue weighted by Crippen LogP contribution is 2.15. The molecule has 8 heteroatoms. The molecule has 0 saturated heterocycles. The Morgan fingerprint density at radius 3 is 2.58 bits per heavy atom. The monoisotopic (exact) mass is 284 g/mol. The van der Waals surface area contributed by atoms with Gasteiger partial charge in [-0.15, -0.1) is 0 Å². The highest BCUT2D eigenvalue weighted by molar-refractivity contribution is 7.89. The van der Waals surface area contributed by atoms with E-state index < -0.39 is 26.8 Å². The molecule has 0 unspecified atom stereocenters. The predicted molar refractivity (Wildman–Crippen MR) is 64.4 cm³/mol. The van der Waals surface area contributed by atoms with Crippen LogP contribution in [0, 0.1) is 5.82 Å². The van der Waals surface area contributed by atoms with Crippen molar-refractivity contribution in [1.29, 1.82) is 0 Å². The van der Waals surface area contributed by atoms with E-state index in [4.69, 9.17) is 9.56 Å². The third kappa shape index (κ3) is 3.18. The van der Waals surface area contributed by atoms with E-state index in [2.05, 4.69) is 5.32 Å². The molecule has 19 heavy (non-hydrogen) atoms. The second kappa shape index (κ2) is 4.82. The van der Waals surface area contributed by atoms with Crippen LogP contribution >= 0.6 is 0 Å². The van der Waals surface area contributed by atoms with Crippen molar-refractivity contribution in [3.05, 3.63) is 48.0 Å². The summed E-state index contributed by atoms with van der Waals surface area (Å²) in [6.45, 7) is 0. The van der Waals surface area contributed by atoms with Crippen molar-refractivity contribution < 1.29 is 22.0 Å². The average Bonchev–Trinajstić information content (AvgIpc) is 2.77. The largest absolute Gasteiger partial charge is 0.438 e. The fourth-order valence-corrected chi connectivity index (χ4v) is 1.82. The minimum atomic E-state index is -4.00. The molecule has 2 aromatic rings. The number of nitrogens with two attached hydrogens (primary N) is 1. The third-order valence-electron chi connectivity index (χ3n) is 2.17. The molecular weight excluding hydrogens is 275 g/mol. The van der Waals surface area contributed by atoms with Crippen LogP contribution in [0.1, 0.15) is 10.6 Å². The normalized spacial score (nSPS) is 11.3. The number of primary sulfonamides is 1. The number of sulfonamides is 1. The van der Waals surface area contributed by atoms with Gasteiger partial charge in [0.15, 0.2) is 5.76 Å². The van der Waals surface area contributed by atoms with Gasteiger partial charge in [0.25, 0.3) is 15.9 Å². The minimum absolute atomic E-state index is 0.221. The lowest BCUT2D eigenvalue weighted by atomic mass is 10.3. The number of carbonyl (C=O) groups is 1. The van der Waals surface area contributed by atoms with E-state index in [1.165, 1.54) is 18.2 Å². The van der Waals surface area contributed by atoms with Crippen LogP contribution in [0.15, 0.2) is 45.9 Å². The van der Waals surface area contributed by atoms with Crippen molar-refractivity contribution >= 4 is 21.6 Å². The molecule has 0 aliphatic rings. The van der Waals surface area contributed by atoms with E-state index in [1.807, 2.05) is 0 Å². The SMILES string of the molecule is NS(=O)(=O)c1ccc(C(=O)Nc2cccc(F)c2)o1. The summed E-state index contributed by atoms with van der Waals surface area (Å²) in [6.07, 6.45) is 0. The summed E-state index contributed by atoms with van der Waals surface area (Å²) in [6, 6.07) is 7.46. The summed E-state index contributed by atoms with van der Waals surface area (Å²) >= 11 is 0. The lowest BCUT2D eigenvalue weighted by molar-refractivity contribution is 0.0991. The lowest BCUT2D eigenvalue weighted by Crippen LogP contribution is -2.12. The van der Waals surface area contributed by atoms with E-state index >= 15 is 0 Å². The summed E-state index contributed by atoms with van der Waals surface area (Å²) < 4.78 is 39.7. The van der Waals surface area contributed by atoms with Crippen LogP contribution in [-0.4, -0.2) is 14.3 Å². The molecule has 3 N–H and O–H groups in total.